The van der Waals surface area contributed by atoms with E-state index in [4.69, 9.17) is 5.73 Å². The quantitative estimate of drug-likeness (QED) is 0.774. The molecule has 1 aliphatic carbocycles. The van der Waals surface area contributed by atoms with Gasteiger partial charge in [0.1, 0.15) is 0 Å². The standard InChI is InChI=1S/C14H23N3O2/c15-12-4-1-3-10-7-16(8-11(10)12)9-14(19)17-6-2-5-13(17)18/h10-12H,1-9,15H2. The summed E-state index contributed by atoms with van der Waals surface area (Å²) in [6.45, 7) is 2.91. The van der Waals surface area contributed by atoms with Crippen molar-refractivity contribution < 1.29 is 9.59 Å². The van der Waals surface area contributed by atoms with Crippen LogP contribution < -0.4 is 5.73 Å². The number of amides is 2. The zero-order valence-electron chi connectivity index (χ0n) is 11.4. The highest BCUT2D eigenvalue weighted by atomic mass is 16.2. The topological polar surface area (TPSA) is 66.6 Å². The Morgan fingerprint density at radius 1 is 1.26 bits per heavy atom. The molecule has 19 heavy (non-hydrogen) atoms. The minimum Gasteiger partial charge on any atom is -0.327 e. The van der Waals surface area contributed by atoms with Crippen molar-refractivity contribution in [2.75, 3.05) is 26.2 Å². The Morgan fingerprint density at radius 2 is 2.11 bits per heavy atom. The smallest absolute Gasteiger partial charge is 0.243 e. The van der Waals surface area contributed by atoms with Crippen LogP contribution in [0.1, 0.15) is 32.1 Å². The average Bonchev–Trinajstić information content (AvgIpc) is 2.95. The molecular weight excluding hydrogens is 242 g/mol. The summed E-state index contributed by atoms with van der Waals surface area (Å²) < 4.78 is 0. The number of nitrogens with zero attached hydrogens (tertiary/aromatic N) is 2. The maximum Gasteiger partial charge on any atom is 0.243 e. The Balaban J connectivity index is 1.56. The second-order valence-electron chi connectivity index (χ2n) is 6.26. The predicted octanol–water partition coefficient (Wildman–Crippen LogP) is 0.195. The van der Waals surface area contributed by atoms with Gasteiger partial charge in [-0.05, 0) is 31.1 Å². The van der Waals surface area contributed by atoms with Crippen LogP contribution in [0.2, 0.25) is 0 Å². The normalized spacial score (nSPS) is 35.7. The Bertz CT molecular complexity index is 385. The molecule has 106 valence electrons. The van der Waals surface area contributed by atoms with Gasteiger partial charge in [-0.2, -0.15) is 0 Å². The Hall–Kier alpha value is -0.940. The number of hydrogen-bond donors (Lipinski definition) is 1. The van der Waals surface area contributed by atoms with Crippen molar-refractivity contribution in [1.82, 2.24) is 9.80 Å². The van der Waals surface area contributed by atoms with E-state index in [9.17, 15) is 9.59 Å². The van der Waals surface area contributed by atoms with E-state index in [0.717, 1.165) is 25.9 Å². The zero-order chi connectivity index (χ0) is 13.4. The lowest BCUT2D eigenvalue weighted by Crippen LogP contribution is -2.41. The lowest BCUT2D eigenvalue weighted by Gasteiger charge is -2.29. The molecule has 0 aromatic heterocycles. The van der Waals surface area contributed by atoms with Crippen molar-refractivity contribution >= 4 is 11.8 Å². The minimum absolute atomic E-state index is 0.00156. The van der Waals surface area contributed by atoms with Crippen molar-refractivity contribution in [2.45, 2.75) is 38.1 Å². The van der Waals surface area contributed by atoms with E-state index in [1.807, 2.05) is 0 Å². The van der Waals surface area contributed by atoms with Gasteiger partial charge in [0.25, 0.3) is 0 Å². The predicted molar refractivity (Wildman–Crippen MR) is 71.2 cm³/mol. The first-order valence-corrected chi connectivity index (χ1v) is 7.46. The maximum atomic E-state index is 12.1. The van der Waals surface area contributed by atoms with Crippen LogP contribution in [0.5, 0.6) is 0 Å². The SMILES string of the molecule is NC1CCCC2CN(CC(=O)N3CCCC3=O)CC12. The molecule has 1 saturated carbocycles. The minimum atomic E-state index is -0.0188. The van der Waals surface area contributed by atoms with Gasteiger partial charge in [-0.25, -0.2) is 0 Å². The van der Waals surface area contributed by atoms with Crippen LogP contribution in [-0.4, -0.2) is 53.8 Å². The molecule has 2 aliphatic heterocycles. The van der Waals surface area contributed by atoms with E-state index in [0.29, 0.717) is 37.4 Å². The Morgan fingerprint density at radius 3 is 2.79 bits per heavy atom. The number of nitrogens with two attached hydrogens (primary N) is 1. The van der Waals surface area contributed by atoms with Gasteiger partial charge in [-0.1, -0.05) is 6.42 Å². The fraction of sp³-hybridized carbons (Fsp3) is 0.857. The number of fused-ring (bicyclic) bond motifs is 1. The molecule has 0 spiro atoms. The van der Waals surface area contributed by atoms with Gasteiger partial charge in [-0.3, -0.25) is 19.4 Å². The maximum absolute atomic E-state index is 12.1. The van der Waals surface area contributed by atoms with Crippen molar-refractivity contribution in [3.8, 4) is 0 Å². The van der Waals surface area contributed by atoms with Gasteiger partial charge >= 0.3 is 0 Å². The van der Waals surface area contributed by atoms with Gasteiger partial charge < -0.3 is 5.73 Å². The molecule has 5 nitrogen and oxygen atoms in total. The molecule has 2 heterocycles. The van der Waals surface area contributed by atoms with E-state index >= 15 is 0 Å². The van der Waals surface area contributed by atoms with E-state index in [-0.39, 0.29) is 11.8 Å². The molecule has 3 fully saturated rings. The fourth-order valence-electron chi connectivity index (χ4n) is 3.93. The summed E-state index contributed by atoms with van der Waals surface area (Å²) in [6, 6.07) is 0.298. The monoisotopic (exact) mass is 265 g/mol. The van der Waals surface area contributed by atoms with E-state index < -0.39 is 0 Å². The van der Waals surface area contributed by atoms with Crippen LogP contribution >= 0.6 is 0 Å². The molecule has 2 amide bonds. The molecule has 0 aromatic carbocycles. The summed E-state index contributed by atoms with van der Waals surface area (Å²) >= 11 is 0. The number of rotatable bonds is 2. The summed E-state index contributed by atoms with van der Waals surface area (Å²) in [7, 11) is 0. The first-order chi connectivity index (χ1) is 9.15. The van der Waals surface area contributed by atoms with Crippen molar-refractivity contribution in [3.05, 3.63) is 0 Å². The lowest BCUT2D eigenvalue weighted by atomic mass is 9.78. The van der Waals surface area contributed by atoms with Crippen molar-refractivity contribution in [3.63, 3.8) is 0 Å². The summed E-state index contributed by atoms with van der Waals surface area (Å²) in [5.41, 5.74) is 6.18. The second kappa shape index (κ2) is 5.21. The summed E-state index contributed by atoms with van der Waals surface area (Å²) in [6.07, 6.45) is 4.93. The first-order valence-electron chi connectivity index (χ1n) is 7.46. The fourth-order valence-corrected chi connectivity index (χ4v) is 3.93. The number of likely N-dealkylation sites (tertiary alicyclic amines) is 2. The van der Waals surface area contributed by atoms with Gasteiger partial charge in [0.2, 0.25) is 11.8 Å². The van der Waals surface area contributed by atoms with Gasteiger partial charge in [-0.15, -0.1) is 0 Å². The summed E-state index contributed by atoms with van der Waals surface area (Å²) in [5, 5.41) is 0. The number of carbonyl (C=O) groups excluding carboxylic acids is 2. The summed E-state index contributed by atoms with van der Waals surface area (Å²) in [5.74, 6) is 1.19. The van der Waals surface area contributed by atoms with Crippen molar-refractivity contribution in [2.24, 2.45) is 17.6 Å². The molecule has 2 N–H and O–H groups in total. The number of hydrogen-bond acceptors (Lipinski definition) is 4. The third-order valence-corrected chi connectivity index (χ3v) is 4.96. The highest BCUT2D eigenvalue weighted by Crippen LogP contribution is 2.35. The molecule has 5 heteroatoms. The van der Waals surface area contributed by atoms with Crippen LogP contribution in [0.4, 0.5) is 0 Å². The molecule has 0 bridgehead atoms. The van der Waals surface area contributed by atoms with E-state index in [2.05, 4.69) is 4.90 Å². The lowest BCUT2D eigenvalue weighted by molar-refractivity contribution is -0.142. The average molecular weight is 265 g/mol. The Kier molecular flexibility index (Phi) is 3.58. The van der Waals surface area contributed by atoms with Crippen LogP contribution in [-0.2, 0) is 9.59 Å². The molecule has 3 atom stereocenters. The molecule has 3 rings (SSSR count). The molecule has 0 radical (unpaired) electrons. The van der Waals surface area contributed by atoms with Gasteiger partial charge in [0, 0.05) is 32.1 Å². The summed E-state index contributed by atoms with van der Waals surface area (Å²) in [4.78, 5) is 27.3. The number of imide groups is 1. The molecule has 2 saturated heterocycles. The van der Waals surface area contributed by atoms with Crippen LogP contribution in [0, 0.1) is 11.8 Å². The highest BCUT2D eigenvalue weighted by molar-refractivity contribution is 5.97. The van der Waals surface area contributed by atoms with Crippen LogP contribution in [0.15, 0.2) is 0 Å². The number of carbonyl (C=O) groups is 2. The molecule has 0 aromatic rings. The molecule has 3 unspecified atom stereocenters. The van der Waals surface area contributed by atoms with Crippen LogP contribution in [0.3, 0.4) is 0 Å². The van der Waals surface area contributed by atoms with Crippen LogP contribution in [0.25, 0.3) is 0 Å². The Labute approximate surface area is 114 Å². The van der Waals surface area contributed by atoms with E-state index in [1.54, 1.807) is 0 Å². The molecular formula is C14H23N3O2. The third-order valence-electron chi connectivity index (χ3n) is 4.96. The van der Waals surface area contributed by atoms with E-state index in [1.165, 1.54) is 17.7 Å². The first kappa shape index (κ1) is 13.1. The third kappa shape index (κ3) is 2.54. The van der Waals surface area contributed by atoms with Gasteiger partial charge in [0.05, 0.1) is 6.54 Å². The van der Waals surface area contributed by atoms with Crippen molar-refractivity contribution in [1.29, 1.82) is 0 Å². The highest BCUT2D eigenvalue weighted by Gasteiger charge is 2.39. The second-order valence-corrected chi connectivity index (χ2v) is 6.26. The zero-order valence-corrected chi connectivity index (χ0v) is 11.4. The van der Waals surface area contributed by atoms with Gasteiger partial charge in [0.15, 0.2) is 0 Å². The molecule has 3 aliphatic rings. The largest absolute Gasteiger partial charge is 0.327 e.